The molecular formula is C19H18Cl2N4O2S2. The molecule has 3 rings (SSSR count). The fourth-order valence-corrected chi connectivity index (χ4v) is 5.04. The number of allylic oxidation sites excluding steroid dienone is 1. The van der Waals surface area contributed by atoms with Crippen molar-refractivity contribution in [1.29, 1.82) is 0 Å². The van der Waals surface area contributed by atoms with E-state index in [0.29, 0.717) is 26.9 Å². The number of pyridine rings is 1. The number of anilines is 1. The number of halogens is 2. The van der Waals surface area contributed by atoms with Gasteiger partial charge in [-0.15, -0.1) is 17.9 Å². The first kappa shape index (κ1) is 21.8. The van der Waals surface area contributed by atoms with E-state index in [0.717, 1.165) is 10.4 Å². The Balaban J connectivity index is 1.91. The molecule has 3 aromatic rings. The van der Waals surface area contributed by atoms with Gasteiger partial charge in [-0.3, -0.25) is 14.2 Å². The van der Waals surface area contributed by atoms with Gasteiger partial charge in [0.2, 0.25) is 5.91 Å². The summed E-state index contributed by atoms with van der Waals surface area (Å²) in [4.78, 5) is 36.1. The molecule has 0 saturated heterocycles. The van der Waals surface area contributed by atoms with E-state index in [-0.39, 0.29) is 22.3 Å². The summed E-state index contributed by atoms with van der Waals surface area (Å²) in [5, 5.41) is 3.83. The van der Waals surface area contributed by atoms with E-state index >= 15 is 0 Å². The summed E-state index contributed by atoms with van der Waals surface area (Å²) in [6, 6.07) is 1.50. The highest BCUT2D eigenvalue weighted by molar-refractivity contribution is 8.00. The van der Waals surface area contributed by atoms with Gasteiger partial charge in [0, 0.05) is 17.6 Å². The van der Waals surface area contributed by atoms with Crippen LogP contribution in [0, 0.1) is 13.8 Å². The molecule has 0 bridgehead atoms. The minimum absolute atomic E-state index is 0.130. The van der Waals surface area contributed by atoms with E-state index in [1.54, 1.807) is 13.0 Å². The monoisotopic (exact) mass is 468 g/mol. The Bertz CT molecular complexity index is 1170. The number of thioether (sulfide) groups is 1. The summed E-state index contributed by atoms with van der Waals surface area (Å²) in [5.74, 6) is -0.0883. The van der Waals surface area contributed by atoms with Crippen LogP contribution in [0.3, 0.4) is 0 Å². The molecule has 0 aliphatic heterocycles. The third-order valence-corrected chi connectivity index (χ3v) is 6.95. The number of aryl methyl sites for hydroxylation is 2. The van der Waals surface area contributed by atoms with Crippen LogP contribution in [0.25, 0.3) is 10.2 Å². The number of thiophene rings is 1. The second kappa shape index (κ2) is 8.87. The summed E-state index contributed by atoms with van der Waals surface area (Å²) >= 11 is 14.6. The second-order valence-corrected chi connectivity index (χ2v) is 9.65. The van der Waals surface area contributed by atoms with Crippen LogP contribution in [-0.4, -0.2) is 25.7 Å². The zero-order valence-corrected chi connectivity index (χ0v) is 19.1. The highest BCUT2D eigenvalue weighted by atomic mass is 35.5. The average molecular weight is 469 g/mol. The first-order chi connectivity index (χ1) is 13.7. The summed E-state index contributed by atoms with van der Waals surface area (Å²) in [6.45, 7) is 9.63. The molecule has 1 amide bonds. The van der Waals surface area contributed by atoms with E-state index in [4.69, 9.17) is 23.2 Å². The Hall–Kier alpha value is -1.87. The maximum Gasteiger partial charge on any atom is 0.263 e. The molecular weight excluding hydrogens is 451 g/mol. The number of carbonyl (C=O) groups excluding carboxylic acids is 1. The van der Waals surface area contributed by atoms with Crippen molar-refractivity contribution < 1.29 is 4.79 Å². The van der Waals surface area contributed by atoms with Crippen LogP contribution < -0.4 is 10.9 Å². The molecule has 29 heavy (non-hydrogen) atoms. The van der Waals surface area contributed by atoms with E-state index < -0.39 is 5.25 Å². The molecule has 0 saturated carbocycles. The number of nitrogens with one attached hydrogen (secondary N) is 1. The molecule has 0 radical (unpaired) electrons. The average Bonchev–Trinajstić information content (AvgIpc) is 2.94. The molecule has 6 nitrogen and oxygen atoms in total. The van der Waals surface area contributed by atoms with Crippen molar-refractivity contribution in [3.8, 4) is 0 Å². The Kier molecular flexibility index (Phi) is 6.68. The van der Waals surface area contributed by atoms with E-state index in [9.17, 15) is 9.59 Å². The molecule has 1 atom stereocenters. The number of amides is 1. The highest BCUT2D eigenvalue weighted by Crippen LogP contribution is 2.30. The number of fused-ring (bicyclic) bond motifs is 1. The quantitative estimate of drug-likeness (QED) is 0.310. The first-order valence-corrected chi connectivity index (χ1v) is 11.1. The van der Waals surface area contributed by atoms with Crippen LogP contribution in [0.4, 0.5) is 5.82 Å². The summed E-state index contributed by atoms with van der Waals surface area (Å²) in [6.07, 6.45) is 3.04. The minimum atomic E-state index is -0.550. The molecule has 0 spiro atoms. The fourth-order valence-electron chi connectivity index (χ4n) is 2.63. The van der Waals surface area contributed by atoms with Crippen molar-refractivity contribution in [3.05, 3.63) is 55.8 Å². The highest BCUT2D eigenvalue weighted by Gasteiger charge is 2.22. The molecule has 1 N–H and O–H groups in total. The van der Waals surface area contributed by atoms with Crippen molar-refractivity contribution in [1.82, 2.24) is 14.5 Å². The smallest absolute Gasteiger partial charge is 0.263 e. The minimum Gasteiger partial charge on any atom is -0.308 e. The molecule has 10 heteroatoms. The maximum atomic E-state index is 13.0. The van der Waals surface area contributed by atoms with Gasteiger partial charge in [-0.1, -0.05) is 41.0 Å². The largest absolute Gasteiger partial charge is 0.308 e. The summed E-state index contributed by atoms with van der Waals surface area (Å²) in [5.41, 5.74) is 0.806. The molecule has 3 heterocycles. The van der Waals surface area contributed by atoms with Gasteiger partial charge in [0.15, 0.2) is 11.0 Å². The lowest BCUT2D eigenvalue weighted by Crippen LogP contribution is -2.27. The Morgan fingerprint density at radius 3 is 2.83 bits per heavy atom. The fraction of sp³-hybridized carbons (Fsp3) is 0.263. The van der Waals surface area contributed by atoms with Crippen molar-refractivity contribution in [2.45, 2.75) is 37.7 Å². The van der Waals surface area contributed by atoms with Crippen LogP contribution in [0.1, 0.15) is 17.4 Å². The number of nitrogens with zero attached hydrogens (tertiary/aromatic N) is 3. The van der Waals surface area contributed by atoms with E-state index in [2.05, 4.69) is 21.9 Å². The third kappa shape index (κ3) is 4.50. The molecule has 0 aromatic carbocycles. The second-order valence-electron chi connectivity index (χ2n) is 6.30. The van der Waals surface area contributed by atoms with Crippen LogP contribution in [0.2, 0.25) is 10.0 Å². The summed E-state index contributed by atoms with van der Waals surface area (Å²) in [7, 11) is 0. The number of hydrogen-bond acceptors (Lipinski definition) is 6. The predicted molar refractivity (Wildman–Crippen MR) is 122 cm³/mol. The lowest BCUT2D eigenvalue weighted by atomic mass is 10.2. The van der Waals surface area contributed by atoms with Crippen molar-refractivity contribution in [2.24, 2.45) is 0 Å². The molecule has 1 unspecified atom stereocenters. The van der Waals surface area contributed by atoms with E-state index in [1.807, 2.05) is 13.8 Å². The maximum absolute atomic E-state index is 13.0. The number of hydrogen-bond donors (Lipinski definition) is 1. The third-order valence-electron chi connectivity index (χ3n) is 4.27. The zero-order valence-electron chi connectivity index (χ0n) is 16.0. The van der Waals surface area contributed by atoms with Crippen LogP contribution in [-0.2, 0) is 11.3 Å². The Labute approximate surface area is 186 Å². The Morgan fingerprint density at radius 1 is 1.45 bits per heavy atom. The van der Waals surface area contributed by atoms with Gasteiger partial charge in [0.25, 0.3) is 5.56 Å². The van der Waals surface area contributed by atoms with Gasteiger partial charge >= 0.3 is 0 Å². The lowest BCUT2D eigenvalue weighted by Gasteiger charge is -2.15. The molecule has 0 fully saturated rings. The van der Waals surface area contributed by atoms with Crippen LogP contribution in [0.5, 0.6) is 0 Å². The molecule has 152 valence electrons. The van der Waals surface area contributed by atoms with Gasteiger partial charge in [0.1, 0.15) is 4.83 Å². The standard InChI is InChI=1S/C19H18Cl2N4O2S2/c1-5-6-25-18(27)14-9(2)10(3)28-17(14)24-19(25)29-11(4)16(26)23-15-13(21)7-12(20)8-22-15/h5,7-8,11H,1,6H2,2-4H3,(H,22,23,26). The SMILES string of the molecule is C=CCn1c(SC(C)C(=O)Nc2ncc(Cl)cc2Cl)nc2sc(C)c(C)c2c1=O. The normalized spacial score (nSPS) is 12.2. The van der Waals surface area contributed by atoms with Crippen LogP contribution in [0.15, 0.2) is 34.9 Å². The van der Waals surface area contributed by atoms with Crippen molar-refractivity contribution >= 4 is 68.2 Å². The summed E-state index contributed by atoms with van der Waals surface area (Å²) < 4.78 is 1.54. The number of aromatic nitrogens is 3. The zero-order chi connectivity index (χ0) is 21.3. The molecule has 3 aromatic heterocycles. The van der Waals surface area contributed by atoms with Crippen LogP contribution >= 0.6 is 46.3 Å². The van der Waals surface area contributed by atoms with E-state index in [1.165, 1.54) is 39.9 Å². The lowest BCUT2D eigenvalue weighted by molar-refractivity contribution is -0.115. The molecule has 0 aliphatic carbocycles. The number of rotatable bonds is 6. The Morgan fingerprint density at radius 2 is 2.17 bits per heavy atom. The van der Waals surface area contributed by atoms with Gasteiger partial charge in [-0.05, 0) is 32.4 Å². The number of carbonyl (C=O) groups is 1. The van der Waals surface area contributed by atoms with Crippen molar-refractivity contribution in [2.75, 3.05) is 5.32 Å². The van der Waals surface area contributed by atoms with Crippen molar-refractivity contribution in [3.63, 3.8) is 0 Å². The molecule has 0 aliphatic rings. The van der Waals surface area contributed by atoms with Gasteiger partial charge in [-0.25, -0.2) is 9.97 Å². The topological polar surface area (TPSA) is 76.9 Å². The van der Waals surface area contributed by atoms with Gasteiger partial charge < -0.3 is 5.32 Å². The van der Waals surface area contributed by atoms with Gasteiger partial charge in [-0.2, -0.15) is 0 Å². The van der Waals surface area contributed by atoms with Gasteiger partial charge in [0.05, 0.1) is 20.7 Å². The first-order valence-electron chi connectivity index (χ1n) is 8.63. The predicted octanol–water partition coefficient (Wildman–Crippen LogP) is 5.08.